The van der Waals surface area contributed by atoms with Crippen molar-refractivity contribution >= 4 is 44.4 Å². The number of fused-ring (bicyclic) bond motifs is 1. The molecule has 0 saturated carbocycles. The van der Waals surface area contributed by atoms with Gasteiger partial charge in [-0.05, 0) is 42.8 Å². The van der Waals surface area contributed by atoms with Crippen LogP contribution in [0.2, 0.25) is 0 Å². The van der Waals surface area contributed by atoms with Gasteiger partial charge in [0.25, 0.3) is 5.56 Å². The van der Waals surface area contributed by atoms with E-state index >= 15 is 0 Å². The molecule has 0 unspecified atom stereocenters. The zero-order valence-corrected chi connectivity index (χ0v) is 18.0. The fraction of sp³-hybridized carbons (Fsp3) is 0.0870. The van der Waals surface area contributed by atoms with E-state index < -0.39 is 0 Å². The molecule has 4 nitrogen and oxygen atoms in total. The summed E-state index contributed by atoms with van der Waals surface area (Å²) in [5.74, 6) is 0.196. The number of halogens is 1. The van der Waals surface area contributed by atoms with Crippen molar-refractivity contribution in [1.82, 2.24) is 9.55 Å². The highest BCUT2D eigenvalue weighted by molar-refractivity contribution is 9.10. The Bertz CT molecular complexity index is 1270. The molecule has 0 N–H and O–H groups in total. The summed E-state index contributed by atoms with van der Waals surface area (Å²) >= 11 is 4.70. The monoisotopic (exact) mass is 464 g/mol. The third-order valence-electron chi connectivity index (χ3n) is 4.49. The van der Waals surface area contributed by atoms with E-state index in [0.717, 1.165) is 15.7 Å². The summed E-state index contributed by atoms with van der Waals surface area (Å²) in [4.78, 5) is 30.6. The summed E-state index contributed by atoms with van der Waals surface area (Å²) in [5, 5.41) is 1.03. The van der Waals surface area contributed by atoms with Crippen molar-refractivity contribution < 1.29 is 4.79 Å². The normalized spacial score (nSPS) is 11.0. The Hall–Kier alpha value is -2.70. The molecule has 3 aromatic carbocycles. The molecule has 4 rings (SSSR count). The Morgan fingerprint density at radius 1 is 1.03 bits per heavy atom. The highest BCUT2D eigenvalue weighted by Crippen LogP contribution is 2.24. The predicted octanol–water partition coefficient (Wildman–Crippen LogP) is 5.43. The molecule has 0 aliphatic carbocycles. The number of hydrogen-bond donors (Lipinski definition) is 0. The predicted molar refractivity (Wildman–Crippen MR) is 121 cm³/mol. The average Bonchev–Trinajstić information content (AvgIpc) is 2.73. The van der Waals surface area contributed by atoms with Crippen molar-refractivity contribution in [3.63, 3.8) is 0 Å². The number of benzene rings is 3. The number of Topliss-reactive ketones (excluding diaryl/α,β-unsaturated/α-hetero) is 1. The molecule has 1 aromatic heterocycles. The van der Waals surface area contributed by atoms with Gasteiger partial charge < -0.3 is 0 Å². The van der Waals surface area contributed by atoms with Crippen LogP contribution in [-0.4, -0.2) is 21.1 Å². The van der Waals surface area contributed by atoms with Crippen molar-refractivity contribution in [1.29, 1.82) is 0 Å². The maximum atomic E-state index is 13.3. The zero-order chi connectivity index (χ0) is 20.4. The van der Waals surface area contributed by atoms with Crippen LogP contribution in [0.5, 0.6) is 0 Å². The molecular formula is C23H17BrN2O2S. The summed E-state index contributed by atoms with van der Waals surface area (Å²) in [6, 6.07) is 22.3. The van der Waals surface area contributed by atoms with Gasteiger partial charge in [0, 0.05) is 10.0 Å². The van der Waals surface area contributed by atoms with Gasteiger partial charge >= 0.3 is 0 Å². The van der Waals surface area contributed by atoms with E-state index in [-0.39, 0.29) is 17.1 Å². The van der Waals surface area contributed by atoms with Crippen LogP contribution in [0.15, 0.2) is 87.2 Å². The van der Waals surface area contributed by atoms with Crippen LogP contribution in [0.3, 0.4) is 0 Å². The van der Waals surface area contributed by atoms with Gasteiger partial charge in [0.1, 0.15) is 0 Å². The number of hydrogen-bond acceptors (Lipinski definition) is 4. The van der Waals surface area contributed by atoms with Crippen molar-refractivity contribution in [2.75, 3.05) is 5.75 Å². The molecule has 0 aliphatic heterocycles. The average molecular weight is 465 g/mol. The molecular weight excluding hydrogens is 448 g/mol. The minimum atomic E-state index is -0.156. The van der Waals surface area contributed by atoms with E-state index in [4.69, 9.17) is 4.98 Å². The van der Waals surface area contributed by atoms with Gasteiger partial charge in [-0.3, -0.25) is 14.2 Å². The number of rotatable bonds is 5. The molecule has 0 aliphatic rings. The summed E-state index contributed by atoms with van der Waals surface area (Å²) in [5.41, 5.74) is 2.88. The standard InChI is InChI=1S/C23H17BrN2O2S/c1-15-6-5-9-18(12-15)26-22(28)19-13-17(24)10-11-20(19)25-23(26)29-14-21(27)16-7-3-2-4-8-16/h2-13H,14H2,1H3. The molecule has 6 heteroatoms. The second-order valence-electron chi connectivity index (χ2n) is 6.61. The Balaban J connectivity index is 1.81. The Morgan fingerprint density at radius 3 is 2.59 bits per heavy atom. The fourth-order valence-electron chi connectivity index (χ4n) is 3.07. The van der Waals surface area contributed by atoms with E-state index in [1.165, 1.54) is 11.8 Å². The third kappa shape index (κ3) is 4.18. The Morgan fingerprint density at radius 2 is 1.83 bits per heavy atom. The van der Waals surface area contributed by atoms with Crippen LogP contribution in [0.1, 0.15) is 15.9 Å². The highest BCUT2D eigenvalue weighted by atomic mass is 79.9. The van der Waals surface area contributed by atoms with Crippen molar-refractivity contribution in [3.8, 4) is 5.69 Å². The zero-order valence-electron chi connectivity index (χ0n) is 15.6. The van der Waals surface area contributed by atoms with Crippen LogP contribution < -0.4 is 5.56 Å². The molecule has 0 amide bonds. The first-order valence-corrected chi connectivity index (χ1v) is 10.8. The Kier molecular flexibility index (Phi) is 5.65. The number of aromatic nitrogens is 2. The molecule has 144 valence electrons. The van der Waals surface area contributed by atoms with Crippen LogP contribution in [0.25, 0.3) is 16.6 Å². The lowest BCUT2D eigenvalue weighted by atomic mass is 10.2. The largest absolute Gasteiger partial charge is 0.293 e. The molecule has 0 saturated heterocycles. The highest BCUT2D eigenvalue weighted by Gasteiger charge is 2.16. The van der Waals surface area contributed by atoms with E-state index in [1.807, 2.05) is 61.5 Å². The number of aryl methyl sites for hydroxylation is 1. The van der Waals surface area contributed by atoms with E-state index in [1.54, 1.807) is 22.8 Å². The Labute approximate surface area is 180 Å². The molecule has 0 radical (unpaired) electrons. The molecule has 1 heterocycles. The lowest BCUT2D eigenvalue weighted by Crippen LogP contribution is -2.22. The first-order valence-electron chi connectivity index (χ1n) is 9.03. The van der Waals surface area contributed by atoms with Crippen LogP contribution in [0, 0.1) is 6.92 Å². The summed E-state index contributed by atoms with van der Waals surface area (Å²) in [6.45, 7) is 1.98. The molecule has 4 aromatic rings. The molecule has 0 bridgehead atoms. The fourth-order valence-corrected chi connectivity index (χ4v) is 4.33. The lowest BCUT2D eigenvalue weighted by molar-refractivity contribution is 0.102. The second kappa shape index (κ2) is 8.35. The summed E-state index contributed by atoms with van der Waals surface area (Å²) < 4.78 is 2.41. The minimum absolute atomic E-state index is 0.00320. The number of carbonyl (C=O) groups is 1. The number of nitrogens with zero attached hydrogens (tertiary/aromatic N) is 2. The van der Waals surface area contributed by atoms with Gasteiger partial charge in [-0.2, -0.15) is 0 Å². The SMILES string of the molecule is Cc1cccc(-n2c(SCC(=O)c3ccccc3)nc3ccc(Br)cc3c2=O)c1. The van der Waals surface area contributed by atoms with E-state index in [0.29, 0.717) is 21.6 Å². The van der Waals surface area contributed by atoms with Gasteiger partial charge in [-0.15, -0.1) is 0 Å². The number of carbonyl (C=O) groups excluding carboxylic acids is 1. The quantitative estimate of drug-likeness (QED) is 0.224. The molecule has 0 atom stereocenters. The van der Waals surface area contributed by atoms with Gasteiger partial charge in [-0.1, -0.05) is 70.2 Å². The maximum absolute atomic E-state index is 13.3. The summed E-state index contributed by atoms with van der Waals surface area (Å²) in [7, 11) is 0. The van der Waals surface area contributed by atoms with Crippen LogP contribution >= 0.6 is 27.7 Å². The van der Waals surface area contributed by atoms with Crippen molar-refractivity contribution in [2.24, 2.45) is 0 Å². The van der Waals surface area contributed by atoms with Gasteiger partial charge in [0.2, 0.25) is 0 Å². The first-order chi connectivity index (χ1) is 14.0. The molecule has 0 spiro atoms. The van der Waals surface area contributed by atoms with Gasteiger partial charge in [0.05, 0.1) is 22.3 Å². The van der Waals surface area contributed by atoms with Crippen LogP contribution in [0.4, 0.5) is 0 Å². The van der Waals surface area contributed by atoms with Gasteiger partial charge in [0.15, 0.2) is 10.9 Å². The first kappa shape index (κ1) is 19.6. The summed E-state index contributed by atoms with van der Waals surface area (Å²) in [6.07, 6.45) is 0. The number of ketones is 1. The lowest BCUT2D eigenvalue weighted by Gasteiger charge is -2.13. The second-order valence-corrected chi connectivity index (χ2v) is 8.47. The van der Waals surface area contributed by atoms with Crippen LogP contribution in [-0.2, 0) is 0 Å². The van der Waals surface area contributed by atoms with Gasteiger partial charge in [-0.25, -0.2) is 4.98 Å². The van der Waals surface area contributed by atoms with Crippen molar-refractivity contribution in [2.45, 2.75) is 12.1 Å². The van der Waals surface area contributed by atoms with Crippen molar-refractivity contribution in [3.05, 3.63) is 98.7 Å². The minimum Gasteiger partial charge on any atom is -0.293 e. The van der Waals surface area contributed by atoms with E-state index in [9.17, 15) is 9.59 Å². The third-order valence-corrected chi connectivity index (χ3v) is 5.92. The number of thioether (sulfide) groups is 1. The molecule has 29 heavy (non-hydrogen) atoms. The topological polar surface area (TPSA) is 52.0 Å². The maximum Gasteiger partial charge on any atom is 0.266 e. The van der Waals surface area contributed by atoms with E-state index in [2.05, 4.69) is 15.9 Å². The molecule has 0 fully saturated rings. The smallest absolute Gasteiger partial charge is 0.266 e.